The summed E-state index contributed by atoms with van der Waals surface area (Å²) in [6, 6.07) is 5.52. The van der Waals surface area contributed by atoms with E-state index in [0.29, 0.717) is 13.1 Å². The summed E-state index contributed by atoms with van der Waals surface area (Å²) in [5, 5.41) is 16.2. The third-order valence-electron chi connectivity index (χ3n) is 3.52. The van der Waals surface area contributed by atoms with E-state index in [1.807, 2.05) is 0 Å². The van der Waals surface area contributed by atoms with E-state index in [4.69, 9.17) is 0 Å². The number of piperazine rings is 1. The predicted octanol–water partition coefficient (Wildman–Crippen LogP) is -1.06. The summed E-state index contributed by atoms with van der Waals surface area (Å²) in [7, 11) is 0. The maximum Gasteiger partial charge on any atom is 0.292 e. The number of benzene rings is 1. The van der Waals surface area contributed by atoms with Crippen molar-refractivity contribution in [2.45, 2.75) is 13.0 Å². The van der Waals surface area contributed by atoms with Crippen LogP contribution in [0.3, 0.4) is 0 Å². The van der Waals surface area contributed by atoms with Crippen molar-refractivity contribution in [2.75, 3.05) is 25.0 Å². The number of anilines is 1. The van der Waals surface area contributed by atoms with Gasteiger partial charge >= 0.3 is 0 Å². The van der Waals surface area contributed by atoms with Gasteiger partial charge in [0.15, 0.2) is 12.6 Å². The van der Waals surface area contributed by atoms with Crippen molar-refractivity contribution in [3.05, 3.63) is 34.4 Å². The van der Waals surface area contributed by atoms with Gasteiger partial charge in [0.05, 0.1) is 18.0 Å². The number of nitrogens with one attached hydrogen (secondary N) is 3. The number of nitro groups is 1. The molecule has 8 nitrogen and oxygen atoms in total. The normalized spacial score (nSPS) is 19.5. The number of nitro benzene ring substituents is 1. The molecule has 2 rings (SSSR count). The Balaban J connectivity index is 2.07. The second-order valence-corrected chi connectivity index (χ2v) is 4.92. The van der Waals surface area contributed by atoms with Crippen LogP contribution in [0.5, 0.6) is 0 Å². The molecular formula is C13H17N4O4+. The summed E-state index contributed by atoms with van der Waals surface area (Å²) in [6.45, 7) is 3.11. The Morgan fingerprint density at radius 2 is 2.19 bits per heavy atom. The van der Waals surface area contributed by atoms with Gasteiger partial charge in [-0.15, -0.1) is 0 Å². The van der Waals surface area contributed by atoms with E-state index in [9.17, 15) is 19.7 Å². The van der Waals surface area contributed by atoms with Crippen LogP contribution in [0.2, 0.25) is 0 Å². The van der Waals surface area contributed by atoms with Crippen LogP contribution in [0, 0.1) is 10.1 Å². The number of carbonyl (C=O) groups excluding carboxylic acids is 2. The van der Waals surface area contributed by atoms with Crippen LogP contribution < -0.4 is 15.5 Å². The smallest absolute Gasteiger partial charge is 0.292 e. The van der Waals surface area contributed by atoms with Gasteiger partial charge in [0, 0.05) is 6.07 Å². The molecule has 8 heteroatoms. The van der Waals surface area contributed by atoms with Crippen LogP contribution in [-0.4, -0.2) is 42.4 Å². The topological polar surface area (TPSA) is 106 Å². The highest BCUT2D eigenvalue weighted by Gasteiger charge is 2.30. The van der Waals surface area contributed by atoms with Crippen LogP contribution in [0.25, 0.3) is 0 Å². The van der Waals surface area contributed by atoms with Crippen molar-refractivity contribution in [3.8, 4) is 0 Å². The van der Waals surface area contributed by atoms with Crippen molar-refractivity contribution in [1.82, 2.24) is 5.32 Å². The van der Waals surface area contributed by atoms with E-state index in [2.05, 4.69) is 10.6 Å². The lowest BCUT2D eigenvalue weighted by atomic mass is 10.2. The fraction of sp³-hybridized carbons (Fsp3) is 0.385. The lowest BCUT2D eigenvalue weighted by molar-refractivity contribution is -0.907. The minimum absolute atomic E-state index is 0.0957. The second kappa shape index (κ2) is 6.31. The Morgan fingerprint density at radius 1 is 1.48 bits per heavy atom. The minimum Gasteiger partial charge on any atom is -0.346 e. The SMILES string of the molecule is C[C@H](C(=O)Nc1ccccc1[N+](=O)[O-])[NH+]1CCNC(=O)C1. The number of para-hydroxylation sites is 2. The van der Waals surface area contributed by atoms with E-state index < -0.39 is 11.0 Å². The Hall–Kier alpha value is -2.48. The first-order chi connectivity index (χ1) is 9.99. The first kappa shape index (κ1) is 14.9. The summed E-state index contributed by atoms with van der Waals surface area (Å²) < 4.78 is 0. The van der Waals surface area contributed by atoms with Crippen LogP contribution in [0.15, 0.2) is 24.3 Å². The maximum atomic E-state index is 12.2. The van der Waals surface area contributed by atoms with Gasteiger partial charge in [-0.2, -0.15) is 0 Å². The summed E-state index contributed by atoms with van der Waals surface area (Å²) in [6.07, 6.45) is 0. The summed E-state index contributed by atoms with van der Waals surface area (Å²) in [4.78, 5) is 34.8. The highest BCUT2D eigenvalue weighted by molar-refractivity contribution is 5.95. The molecule has 21 heavy (non-hydrogen) atoms. The number of quaternary nitrogens is 1. The number of rotatable bonds is 4. The number of nitrogens with zero attached hydrogens (tertiary/aromatic N) is 1. The molecule has 0 aromatic heterocycles. The Labute approximate surface area is 121 Å². The fourth-order valence-corrected chi connectivity index (χ4v) is 2.25. The van der Waals surface area contributed by atoms with Crippen LogP contribution >= 0.6 is 0 Å². The van der Waals surface area contributed by atoms with E-state index in [-0.39, 0.29) is 29.7 Å². The molecule has 1 aliphatic rings. The van der Waals surface area contributed by atoms with Gasteiger partial charge in [0.2, 0.25) is 0 Å². The van der Waals surface area contributed by atoms with Gasteiger partial charge < -0.3 is 15.5 Å². The monoisotopic (exact) mass is 293 g/mol. The summed E-state index contributed by atoms with van der Waals surface area (Å²) >= 11 is 0. The van der Waals surface area contributed by atoms with E-state index >= 15 is 0 Å². The van der Waals surface area contributed by atoms with Crippen molar-refractivity contribution >= 4 is 23.2 Å². The second-order valence-electron chi connectivity index (χ2n) is 4.92. The molecule has 1 aromatic carbocycles. The van der Waals surface area contributed by atoms with Crippen molar-refractivity contribution in [3.63, 3.8) is 0 Å². The first-order valence-corrected chi connectivity index (χ1v) is 6.64. The average Bonchev–Trinajstić information content (AvgIpc) is 2.46. The zero-order chi connectivity index (χ0) is 15.4. The zero-order valence-electron chi connectivity index (χ0n) is 11.6. The number of hydrogen-bond donors (Lipinski definition) is 3. The lowest BCUT2D eigenvalue weighted by Gasteiger charge is -2.28. The Kier molecular flexibility index (Phi) is 4.49. The third kappa shape index (κ3) is 3.54. The van der Waals surface area contributed by atoms with Crippen molar-refractivity contribution in [2.24, 2.45) is 0 Å². The van der Waals surface area contributed by atoms with E-state index in [1.54, 1.807) is 13.0 Å². The van der Waals surface area contributed by atoms with Gasteiger partial charge in [0.1, 0.15) is 5.69 Å². The van der Waals surface area contributed by atoms with Gasteiger partial charge in [-0.1, -0.05) is 12.1 Å². The molecule has 3 N–H and O–H groups in total. The zero-order valence-corrected chi connectivity index (χ0v) is 11.6. The maximum absolute atomic E-state index is 12.2. The number of hydrogen-bond acceptors (Lipinski definition) is 4. The first-order valence-electron chi connectivity index (χ1n) is 6.64. The predicted molar refractivity (Wildman–Crippen MR) is 74.9 cm³/mol. The largest absolute Gasteiger partial charge is 0.346 e. The molecule has 1 saturated heterocycles. The van der Waals surface area contributed by atoms with Crippen LogP contribution in [-0.2, 0) is 9.59 Å². The Bertz CT molecular complexity index is 575. The molecule has 1 fully saturated rings. The molecule has 0 aliphatic carbocycles. The quantitative estimate of drug-likeness (QED) is 0.486. The van der Waals surface area contributed by atoms with Gasteiger partial charge in [-0.25, -0.2) is 0 Å². The molecule has 0 saturated carbocycles. The average molecular weight is 293 g/mol. The molecule has 1 aliphatic heterocycles. The minimum atomic E-state index is -0.540. The van der Waals surface area contributed by atoms with Crippen LogP contribution in [0.4, 0.5) is 11.4 Å². The number of carbonyl (C=O) groups is 2. The molecule has 1 unspecified atom stereocenters. The summed E-state index contributed by atoms with van der Waals surface area (Å²) in [5.74, 6) is -0.435. The highest BCUT2D eigenvalue weighted by atomic mass is 16.6. The third-order valence-corrected chi connectivity index (χ3v) is 3.52. The van der Waals surface area contributed by atoms with Crippen molar-refractivity contribution in [1.29, 1.82) is 0 Å². The standard InChI is InChI=1S/C13H16N4O4/c1-9(16-7-6-14-12(18)8-16)13(19)15-10-4-2-3-5-11(10)17(20)21/h2-5,9H,6-8H2,1H3,(H,14,18)(H,15,19)/p+1/t9-/m1/s1. The molecule has 0 spiro atoms. The molecule has 1 heterocycles. The molecule has 2 atom stereocenters. The van der Waals surface area contributed by atoms with E-state index in [1.165, 1.54) is 18.2 Å². The molecule has 112 valence electrons. The molecule has 2 amide bonds. The van der Waals surface area contributed by atoms with Gasteiger partial charge in [-0.3, -0.25) is 19.7 Å². The lowest BCUT2D eigenvalue weighted by Crippen LogP contribution is -3.19. The van der Waals surface area contributed by atoms with Crippen molar-refractivity contribution < 1.29 is 19.4 Å². The van der Waals surface area contributed by atoms with E-state index in [0.717, 1.165) is 4.90 Å². The highest BCUT2D eigenvalue weighted by Crippen LogP contribution is 2.22. The molecule has 1 aromatic rings. The van der Waals surface area contributed by atoms with Crippen LogP contribution in [0.1, 0.15) is 6.92 Å². The van der Waals surface area contributed by atoms with Gasteiger partial charge in [0.25, 0.3) is 17.5 Å². The number of amides is 2. The van der Waals surface area contributed by atoms with Gasteiger partial charge in [-0.05, 0) is 13.0 Å². The molecular weight excluding hydrogens is 276 g/mol. The Morgan fingerprint density at radius 3 is 2.86 bits per heavy atom. The summed E-state index contributed by atoms with van der Waals surface area (Å²) in [5.41, 5.74) is 0.0182. The molecule has 0 radical (unpaired) electrons. The molecule has 0 bridgehead atoms. The fourth-order valence-electron chi connectivity index (χ4n) is 2.25.